The van der Waals surface area contributed by atoms with Crippen molar-refractivity contribution in [1.82, 2.24) is 9.55 Å². The molecule has 4 aromatic rings. The molecule has 0 radical (unpaired) electrons. The van der Waals surface area contributed by atoms with E-state index in [1.54, 1.807) is 12.1 Å². The molecule has 2 N–H and O–H groups in total. The van der Waals surface area contributed by atoms with Gasteiger partial charge in [-0.05, 0) is 72.0 Å². The number of hydrogen-bond donors (Lipinski definition) is 2. The van der Waals surface area contributed by atoms with Gasteiger partial charge in [-0.15, -0.1) is 0 Å². The number of carboxylic acid groups (broad SMARTS) is 2. The van der Waals surface area contributed by atoms with Gasteiger partial charge < -0.3 is 19.5 Å². The van der Waals surface area contributed by atoms with Crippen molar-refractivity contribution in [2.75, 3.05) is 6.61 Å². The monoisotopic (exact) mass is 578 g/mol. The Morgan fingerprint density at radius 2 is 1.62 bits per heavy atom. The largest absolute Gasteiger partial charge is 0.494 e. The summed E-state index contributed by atoms with van der Waals surface area (Å²) in [6.45, 7) is 0.846. The quantitative estimate of drug-likeness (QED) is 0.157. The number of benzene rings is 3. The fourth-order valence-electron chi connectivity index (χ4n) is 4.12. The lowest BCUT2D eigenvalue weighted by Crippen LogP contribution is -2.02. The SMILES string of the molecule is O=C(O)CCCOc1ccc(-c2cccc(C=Cc3nc(-c4ccc(Cl)cc4Cl)cn3CCCC(=O)O)c2)cc1. The molecule has 0 amide bonds. The van der Waals surface area contributed by atoms with Crippen LogP contribution in [-0.4, -0.2) is 38.3 Å². The molecule has 0 aliphatic carbocycles. The molecule has 0 unspecified atom stereocenters. The summed E-state index contributed by atoms with van der Waals surface area (Å²) in [5.41, 5.74) is 4.43. The molecule has 0 spiro atoms. The number of ether oxygens (including phenoxy) is 1. The predicted octanol–water partition coefficient (Wildman–Crippen LogP) is 7.80. The number of imidazole rings is 1. The first-order valence-electron chi connectivity index (χ1n) is 12.8. The third-order valence-electron chi connectivity index (χ3n) is 6.11. The summed E-state index contributed by atoms with van der Waals surface area (Å²) in [6, 6.07) is 21.0. The smallest absolute Gasteiger partial charge is 0.303 e. The second-order valence-corrected chi connectivity index (χ2v) is 9.97. The first-order chi connectivity index (χ1) is 19.3. The van der Waals surface area contributed by atoms with E-state index in [2.05, 4.69) is 6.07 Å². The van der Waals surface area contributed by atoms with Gasteiger partial charge in [0.2, 0.25) is 0 Å². The zero-order valence-electron chi connectivity index (χ0n) is 21.6. The molecule has 1 aromatic heterocycles. The Bertz CT molecular complexity index is 1510. The molecule has 0 aliphatic heterocycles. The molecule has 0 saturated heterocycles. The summed E-state index contributed by atoms with van der Waals surface area (Å²) >= 11 is 12.5. The van der Waals surface area contributed by atoms with Gasteiger partial charge in [-0.2, -0.15) is 0 Å². The van der Waals surface area contributed by atoms with Crippen LogP contribution in [0.15, 0.2) is 72.9 Å². The van der Waals surface area contributed by atoms with Crippen molar-refractivity contribution in [3.8, 4) is 28.1 Å². The highest BCUT2D eigenvalue weighted by molar-refractivity contribution is 6.36. The fraction of sp³-hybridized carbons (Fsp3) is 0.194. The topological polar surface area (TPSA) is 102 Å². The van der Waals surface area contributed by atoms with E-state index in [0.29, 0.717) is 53.3 Å². The van der Waals surface area contributed by atoms with Crippen molar-refractivity contribution >= 4 is 47.3 Å². The fourth-order valence-corrected chi connectivity index (χ4v) is 4.62. The highest BCUT2D eigenvalue weighted by Gasteiger charge is 2.12. The number of carboxylic acids is 2. The van der Waals surface area contributed by atoms with Gasteiger partial charge in [0.05, 0.1) is 17.3 Å². The Morgan fingerprint density at radius 1 is 0.875 bits per heavy atom. The summed E-state index contributed by atoms with van der Waals surface area (Å²) in [6.07, 6.45) is 6.81. The van der Waals surface area contributed by atoms with Crippen molar-refractivity contribution in [3.63, 3.8) is 0 Å². The number of hydrogen-bond acceptors (Lipinski definition) is 4. The zero-order valence-corrected chi connectivity index (χ0v) is 23.1. The van der Waals surface area contributed by atoms with E-state index in [1.807, 2.05) is 71.4 Å². The van der Waals surface area contributed by atoms with Crippen LogP contribution >= 0.6 is 23.2 Å². The molecule has 3 aromatic carbocycles. The van der Waals surface area contributed by atoms with Crippen LogP contribution in [-0.2, 0) is 16.1 Å². The van der Waals surface area contributed by atoms with Crippen LogP contribution in [0.1, 0.15) is 37.1 Å². The minimum absolute atomic E-state index is 0.0621. The predicted molar refractivity (Wildman–Crippen MR) is 158 cm³/mol. The third-order valence-corrected chi connectivity index (χ3v) is 6.65. The Labute approximate surface area is 242 Å². The summed E-state index contributed by atoms with van der Waals surface area (Å²) in [4.78, 5) is 26.4. The Balaban J connectivity index is 1.52. The minimum atomic E-state index is -0.840. The van der Waals surface area contributed by atoms with Gasteiger partial charge in [0.25, 0.3) is 0 Å². The van der Waals surface area contributed by atoms with E-state index in [-0.39, 0.29) is 12.8 Å². The van der Waals surface area contributed by atoms with Crippen molar-refractivity contribution < 1.29 is 24.5 Å². The molecule has 0 fully saturated rings. The highest BCUT2D eigenvalue weighted by Crippen LogP contribution is 2.30. The normalized spacial score (nSPS) is 11.2. The molecular weight excluding hydrogens is 551 g/mol. The van der Waals surface area contributed by atoms with Gasteiger partial charge in [-0.25, -0.2) is 4.98 Å². The minimum Gasteiger partial charge on any atom is -0.494 e. The van der Waals surface area contributed by atoms with Gasteiger partial charge in [0, 0.05) is 36.2 Å². The van der Waals surface area contributed by atoms with E-state index in [1.165, 1.54) is 0 Å². The van der Waals surface area contributed by atoms with E-state index < -0.39 is 11.9 Å². The van der Waals surface area contributed by atoms with Crippen molar-refractivity contribution in [2.24, 2.45) is 0 Å². The maximum absolute atomic E-state index is 11.0. The molecule has 0 saturated carbocycles. The first-order valence-corrected chi connectivity index (χ1v) is 13.5. The second kappa shape index (κ2) is 13.8. The Kier molecular flexibility index (Phi) is 10.00. The van der Waals surface area contributed by atoms with Gasteiger partial charge in [0.15, 0.2) is 0 Å². The first kappa shape index (κ1) is 28.9. The number of nitrogens with zero attached hydrogens (tertiary/aromatic N) is 2. The summed E-state index contributed by atoms with van der Waals surface area (Å²) in [5.74, 6) is -0.299. The van der Waals surface area contributed by atoms with Gasteiger partial charge in [-0.1, -0.05) is 59.6 Å². The van der Waals surface area contributed by atoms with Crippen LogP contribution in [0.3, 0.4) is 0 Å². The molecule has 4 rings (SSSR count). The Hall–Kier alpha value is -4.07. The van der Waals surface area contributed by atoms with Crippen LogP contribution in [0.2, 0.25) is 10.0 Å². The van der Waals surface area contributed by atoms with Crippen LogP contribution in [0.5, 0.6) is 5.75 Å². The van der Waals surface area contributed by atoms with Crippen molar-refractivity contribution in [3.05, 3.63) is 94.4 Å². The second-order valence-electron chi connectivity index (χ2n) is 9.13. The molecule has 9 heteroatoms. The zero-order chi connectivity index (χ0) is 28.5. The van der Waals surface area contributed by atoms with E-state index >= 15 is 0 Å². The molecular formula is C31H28Cl2N2O5. The molecule has 40 heavy (non-hydrogen) atoms. The van der Waals surface area contributed by atoms with Crippen LogP contribution in [0, 0.1) is 0 Å². The van der Waals surface area contributed by atoms with Gasteiger partial charge in [-0.3, -0.25) is 9.59 Å². The average molecular weight is 579 g/mol. The Morgan fingerprint density at radius 3 is 2.35 bits per heavy atom. The van der Waals surface area contributed by atoms with E-state index in [4.69, 9.17) is 43.1 Å². The maximum Gasteiger partial charge on any atom is 0.303 e. The van der Waals surface area contributed by atoms with Crippen LogP contribution in [0.25, 0.3) is 34.5 Å². The van der Waals surface area contributed by atoms with Crippen molar-refractivity contribution in [2.45, 2.75) is 32.2 Å². The van der Waals surface area contributed by atoms with Gasteiger partial charge in [0.1, 0.15) is 11.6 Å². The lowest BCUT2D eigenvalue weighted by Gasteiger charge is -2.07. The molecule has 1 heterocycles. The maximum atomic E-state index is 11.0. The van der Waals surface area contributed by atoms with E-state index in [0.717, 1.165) is 22.3 Å². The van der Waals surface area contributed by atoms with E-state index in [9.17, 15) is 9.59 Å². The standard InChI is InChI=1S/C31H28Cl2N2O5/c32-24-11-14-26(27(33)19-24)28-20-35(16-2-6-30(36)37)29(34-28)15-8-21-4-1-5-23(18-21)22-9-12-25(13-10-22)40-17-3-7-31(38)39/h1,4-5,8-15,18-20H,2-3,6-7,16-17H2,(H,36,37)(H,38,39). The third kappa shape index (κ3) is 8.21. The number of aryl methyl sites for hydroxylation is 1. The molecule has 206 valence electrons. The number of aromatic nitrogens is 2. The molecule has 0 bridgehead atoms. The van der Waals surface area contributed by atoms with Gasteiger partial charge >= 0.3 is 11.9 Å². The number of aliphatic carboxylic acids is 2. The lowest BCUT2D eigenvalue weighted by molar-refractivity contribution is -0.138. The number of rotatable bonds is 13. The average Bonchev–Trinajstić information content (AvgIpc) is 3.32. The van der Waals surface area contributed by atoms with Crippen molar-refractivity contribution in [1.29, 1.82) is 0 Å². The highest BCUT2D eigenvalue weighted by atomic mass is 35.5. The molecule has 7 nitrogen and oxygen atoms in total. The van der Waals surface area contributed by atoms with Crippen LogP contribution in [0.4, 0.5) is 0 Å². The lowest BCUT2D eigenvalue weighted by atomic mass is 10.0. The summed E-state index contributed by atoms with van der Waals surface area (Å²) < 4.78 is 7.56. The molecule has 0 atom stereocenters. The summed E-state index contributed by atoms with van der Waals surface area (Å²) in [5, 5.41) is 18.8. The summed E-state index contributed by atoms with van der Waals surface area (Å²) in [7, 11) is 0. The molecule has 0 aliphatic rings. The number of halogens is 2. The number of carbonyl (C=O) groups is 2. The van der Waals surface area contributed by atoms with Crippen LogP contribution < -0.4 is 4.74 Å².